The van der Waals surface area contributed by atoms with Crippen LogP contribution in [0.2, 0.25) is 0 Å². The Labute approximate surface area is 164 Å². The number of aromatic nitrogens is 2. The molecule has 3 rings (SSSR count). The van der Waals surface area contributed by atoms with Crippen LogP contribution in [-0.4, -0.2) is 9.97 Å². The predicted molar refractivity (Wildman–Crippen MR) is 113 cm³/mol. The second-order valence-electron chi connectivity index (χ2n) is 8.07. The van der Waals surface area contributed by atoms with Crippen molar-refractivity contribution in [1.82, 2.24) is 9.97 Å². The fraction of sp³-hybridized carbons (Fsp3) is 0.440. The van der Waals surface area contributed by atoms with Crippen LogP contribution in [-0.2, 0) is 6.42 Å². The molecule has 0 radical (unpaired) electrons. The third-order valence-corrected chi connectivity index (χ3v) is 5.39. The summed E-state index contributed by atoms with van der Waals surface area (Å²) in [5, 5.41) is 0. The lowest BCUT2D eigenvalue weighted by Gasteiger charge is -2.25. The third-order valence-electron chi connectivity index (χ3n) is 5.39. The molecular weight excluding hydrogens is 328 g/mol. The highest BCUT2D eigenvalue weighted by atomic mass is 14.8. The summed E-state index contributed by atoms with van der Waals surface area (Å²) in [5.74, 6) is 8.43. The van der Waals surface area contributed by atoms with E-state index >= 15 is 0 Å². The molecule has 0 bridgehead atoms. The topological polar surface area (TPSA) is 25.8 Å². The molecule has 27 heavy (non-hydrogen) atoms. The van der Waals surface area contributed by atoms with E-state index in [1.807, 2.05) is 12.4 Å². The maximum atomic E-state index is 4.49. The van der Waals surface area contributed by atoms with Crippen molar-refractivity contribution in [2.24, 2.45) is 5.92 Å². The highest BCUT2D eigenvalue weighted by molar-refractivity contribution is 5.40. The zero-order valence-corrected chi connectivity index (χ0v) is 16.8. The van der Waals surface area contributed by atoms with E-state index in [9.17, 15) is 0 Å². The second kappa shape index (κ2) is 9.51. The molecule has 1 heterocycles. The molecule has 0 unspecified atom stereocenters. The van der Waals surface area contributed by atoms with Crippen molar-refractivity contribution in [3.63, 3.8) is 0 Å². The fourth-order valence-electron chi connectivity index (χ4n) is 3.67. The van der Waals surface area contributed by atoms with E-state index in [2.05, 4.69) is 72.9 Å². The van der Waals surface area contributed by atoms with Crippen molar-refractivity contribution in [3.8, 4) is 11.8 Å². The summed E-state index contributed by atoms with van der Waals surface area (Å²) < 4.78 is 0. The highest BCUT2D eigenvalue weighted by Gasteiger charge is 2.20. The normalized spacial score (nSPS) is 19.1. The van der Waals surface area contributed by atoms with Crippen LogP contribution >= 0.6 is 0 Å². The molecular formula is C25H30N2. The van der Waals surface area contributed by atoms with Gasteiger partial charge in [0, 0.05) is 18.0 Å². The SMILES string of the molecule is CC(C)=CCCc1cccc(C#Cc2ncc(C3CCC(C)CC3)cn2)c1. The molecule has 1 fully saturated rings. The molecule has 0 amide bonds. The van der Waals surface area contributed by atoms with Crippen molar-refractivity contribution in [2.75, 3.05) is 0 Å². The van der Waals surface area contributed by atoms with Crippen LogP contribution in [0.4, 0.5) is 0 Å². The van der Waals surface area contributed by atoms with Crippen LogP contribution in [0.1, 0.15) is 81.3 Å². The van der Waals surface area contributed by atoms with Gasteiger partial charge in [0.05, 0.1) is 0 Å². The minimum atomic E-state index is 0.609. The summed E-state index contributed by atoms with van der Waals surface area (Å²) in [6.45, 7) is 6.63. The molecule has 1 saturated carbocycles. The fourth-order valence-corrected chi connectivity index (χ4v) is 3.67. The summed E-state index contributed by atoms with van der Waals surface area (Å²) in [6.07, 6.45) is 13.5. The largest absolute Gasteiger partial charge is 0.229 e. The number of nitrogens with zero attached hydrogens (tertiary/aromatic N) is 2. The first-order valence-electron chi connectivity index (χ1n) is 10.2. The lowest BCUT2D eigenvalue weighted by Crippen LogP contribution is -2.11. The minimum absolute atomic E-state index is 0.609. The molecule has 1 aromatic heterocycles. The molecule has 0 spiro atoms. The lowest BCUT2D eigenvalue weighted by atomic mass is 9.80. The Morgan fingerprint density at radius 2 is 1.81 bits per heavy atom. The smallest absolute Gasteiger partial charge is 0.205 e. The summed E-state index contributed by atoms with van der Waals surface area (Å²) in [7, 11) is 0. The van der Waals surface area contributed by atoms with Crippen molar-refractivity contribution in [1.29, 1.82) is 0 Å². The number of aryl methyl sites for hydroxylation is 1. The van der Waals surface area contributed by atoms with E-state index in [0.717, 1.165) is 24.3 Å². The molecule has 0 saturated heterocycles. The number of allylic oxidation sites excluding steroid dienone is 2. The van der Waals surface area contributed by atoms with Gasteiger partial charge < -0.3 is 0 Å². The van der Waals surface area contributed by atoms with E-state index < -0.39 is 0 Å². The molecule has 0 aliphatic heterocycles. The van der Waals surface area contributed by atoms with Crippen LogP contribution in [0.25, 0.3) is 0 Å². The monoisotopic (exact) mass is 358 g/mol. The van der Waals surface area contributed by atoms with Crippen LogP contribution in [0, 0.1) is 17.8 Å². The van der Waals surface area contributed by atoms with Gasteiger partial charge >= 0.3 is 0 Å². The van der Waals surface area contributed by atoms with E-state index in [4.69, 9.17) is 0 Å². The molecule has 2 aromatic rings. The second-order valence-corrected chi connectivity index (χ2v) is 8.07. The quantitative estimate of drug-likeness (QED) is 0.490. The summed E-state index contributed by atoms with van der Waals surface area (Å²) in [4.78, 5) is 8.97. The molecule has 0 N–H and O–H groups in total. The Balaban J connectivity index is 1.63. The summed E-state index contributed by atoms with van der Waals surface area (Å²) >= 11 is 0. The Hall–Kier alpha value is -2.40. The first-order chi connectivity index (χ1) is 13.1. The number of rotatable bonds is 4. The maximum Gasteiger partial charge on any atom is 0.205 e. The molecule has 140 valence electrons. The number of benzene rings is 1. The maximum absolute atomic E-state index is 4.49. The standard InChI is InChI=1S/C25H30N2/c1-19(2)6-4-7-21-8-5-9-22(16-21)12-15-25-26-17-24(18-27-25)23-13-10-20(3)11-14-23/h5-6,8-9,16-18,20,23H,4,7,10-11,13-14H2,1-3H3. The molecule has 2 nitrogen and oxygen atoms in total. The van der Waals surface area contributed by atoms with Gasteiger partial charge in [-0.25, -0.2) is 9.97 Å². The van der Waals surface area contributed by atoms with Crippen molar-refractivity contribution >= 4 is 0 Å². The summed E-state index contributed by atoms with van der Waals surface area (Å²) in [5.41, 5.74) is 4.99. The molecule has 0 atom stereocenters. The predicted octanol–water partition coefficient (Wildman–Crippen LogP) is 6.07. The minimum Gasteiger partial charge on any atom is -0.229 e. The Kier molecular flexibility index (Phi) is 6.82. The van der Waals surface area contributed by atoms with Gasteiger partial charge in [-0.1, -0.05) is 49.5 Å². The van der Waals surface area contributed by atoms with Crippen LogP contribution in [0.15, 0.2) is 48.3 Å². The molecule has 1 aliphatic rings. The first kappa shape index (κ1) is 19.4. The molecule has 1 aliphatic carbocycles. The van der Waals surface area contributed by atoms with E-state index in [0.29, 0.717) is 11.7 Å². The average Bonchev–Trinajstić information content (AvgIpc) is 2.68. The first-order valence-corrected chi connectivity index (χ1v) is 10.2. The molecule has 1 aromatic carbocycles. The van der Waals surface area contributed by atoms with Crippen molar-refractivity contribution in [3.05, 3.63) is 70.8 Å². The zero-order valence-electron chi connectivity index (χ0n) is 16.8. The van der Waals surface area contributed by atoms with Gasteiger partial charge in [0.15, 0.2) is 0 Å². The van der Waals surface area contributed by atoms with Gasteiger partial charge in [0.25, 0.3) is 0 Å². The van der Waals surface area contributed by atoms with Gasteiger partial charge in [0.1, 0.15) is 0 Å². The van der Waals surface area contributed by atoms with E-state index in [1.54, 1.807) is 0 Å². The highest BCUT2D eigenvalue weighted by Crippen LogP contribution is 2.34. The Morgan fingerprint density at radius 3 is 2.52 bits per heavy atom. The average molecular weight is 359 g/mol. The zero-order chi connectivity index (χ0) is 19.1. The number of hydrogen-bond donors (Lipinski definition) is 0. The lowest BCUT2D eigenvalue weighted by molar-refractivity contribution is 0.347. The Morgan fingerprint density at radius 1 is 1.07 bits per heavy atom. The van der Waals surface area contributed by atoms with Gasteiger partial charge in [-0.3, -0.25) is 0 Å². The van der Waals surface area contributed by atoms with Gasteiger partial charge in [-0.2, -0.15) is 0 Å². The Bertz CT molecular complexity index is 825. The van der Waals surface area contributed by atoms with E-state index in [-0.39, 0.29) is 0 Å². The molecule has 2 heteroatoms. The van der Waals surface area contributed by atoms with Crippen molar-refractivity contribution < 1.29 is 0 Å². The van der Waals surface area contributed by atoms with Gasteiger partial charge in [-0.15, -0.1) is 0 Å². The van der Waals surface area contributed by atoms with Crippen LogP contribution in [0.3, 0.4) is 0 Å². The third kappa shape index (κ3) is 6.07. The number of hydrogen-bond acceptors (Lipinski definition) is 2. The summed E-state index contributed by atoms with van der Waals surface area (Å²) in [6, 6.07) is 8.47. The van der Waals surface area contributed by atoms with Crippen LogP contribution in [0.5, 0.6) is 0 Å². The van der Waals surface area contributed by atoms with Gasteiger partial charge in [-0.05, 0) is 80.5 Å². The van der Waals surface area contributed by atoms with Gasteiger partial charge in [0.2, 0.25) is 5.82 Å². The van der Waals surface area contributed by atoms with Crippen LogP contribution < -0.4 is 0 Å². The van der Waals surface area contributed by atoms with E-state index in [1.165, 1.54) is 42.4 Å². The van der Waals surface area contributed by atoms with Crippen molar-refractivity contribution in [2.45, 2.75) is 65.2 Å².